The molecule has 1 saturated heterocycles. The molecule has 4 aromatic rings. The average molecular weight is 555 g/mol. The van der Waals surface area contributed by atoms with Crippen molar-refractivity contribution in [3.05, 3.63) is 86.8 Å². The first kappa shape index (κ1) is 26.6. The van der Waals surface area contributed by atoms with Crippen LogP contribution in [0, 0.1) is 25.5 Å². The van der Waals surface area contributed by atoms with Gasteiger partial charge in [0.2, 0.25) is 5.95 Å². The van der Waals surface area contributed by atoms with Gasteiger partial charge in [-0.05, 0) is 38.5 Å². The molecule has 5 heterocycles. The maximum atomic E-state index is 14.0. The van der Waals surface area contributed by atoms with Crippen molar-refractivity contribution in [3.63, 3.8) is 0 Å². The third kappa shape index (κ3) is 5.45. The quantitative estimate of drug-likeness (QED) is 0.345. The van der Waals surface area contributed by atoms with Crippen molar-refractivity contribution in [1.29, 1.82) is 0 Å². The molecule has 0 N–H and O–H groups in total. The number of aromatic nitrogens is 5. The number of hydrogen-bond acceptors (Lipinski definition) is 8. The van der Waals surface area contributed by atoms with Gasteiger partial charge >= 0.3 is 0 Å². The molecule has 0 bridgehead atoms. The fourth-order valence-corrected chi connectivity index (χ4v) is 4.52. The Hall–Kier alpha value is -3.96. The van der Waals surface area contributed by atoms with Crippen molar-refractivity contribution in [3.8, 4) is 22.8 Å². The third-order valence-corrected chi connectivity index (χ3v) is 6.74. The van der Waals surface area contributed by atoms with Gasteiger partial charge in [-0.3, -0.25) is 19.3 Å². The lowest BCUT2D eigenvalue weighted by molar-refractivity contribution is 0.0981. The Labute approximate surface area is 228 Å². The number of halogens is 3. The largest absolute Gasteiger partial charge is 0.485 e. The summed E-state index contributed by atoms with van der Waals surface area (Å²) >= 11 is 6.40. The first-order chi connectivity index (χ1) is 18.7. The molecule has 0 spiro atoms. The Morgan fingerprint density at radius 3 is 2.72 bits per heavy atom. The summed E-state index contributed by atoms with van der Waals surface area (Å²) in [7, 11) is 0. The molecule has 0 saturated carbocycles. The smallest absolute Gasteiger partial charge is 0.277 e. The molecule has 1 aliphatic heterocycles. The molecule has 5 rings (SSSR count). The van der Waals surface area contributed by atoms with Crippen LogP contribution in [0.25, 0.3) is 17.1 Å². The molecule has 39 heavy (non-hydrogen) atoms. The number of pyridine rings is 3. The van der Waals surface area contributed by atoms with Crippen LogP contribution in [0.15, 0.2) is 47.7 Å². The van der Waals surface area contributed by atoms with Gasteiger partial charge in [-0.15, -0.1) is 0 Å². The summed E-state index contributed by atoms with van der Waals surface area (Å²) in [6.07, 6.45) is 4.23. The predicted octanol–water partition coefficient (Wildman–Crippen LogP) is 4.44. The van der Waals surface area contributed by atoms with E-state index < -0.39 is 17.2 Å². The van der Waals surface area contributed by atoms with Crippen LogP contribution in [-0.2, 0) is 11.3 Å². The van der Waals surface area contributed by atoms with E-state index in [0.717, 1.165) is 11.8 Å². The molecular formula is C27H25ClF2N6O3. The van der Waals surface area contributed by atoms with Gasteiger partial charge in [0.05, 0.1) is 42.5 Å². The molecule has 4 aromatic heterocycles. The monoisotopic (exact) mass is 554 g/mol. The normalized spacial score (nSPS) is 15.4. The van der Waals surface area contributed by atoms with Crippen molar-refractivity contribution in [2.45, 2.75) is 33.4 Å². The van der Waals surface area contributed by atoms with E-state index in [0.29, 0.717) is 54.5 Å². The zero-order valence-corrected chi connectivity index (χ0v) is 22.2. The SMILES string of the molecule is Cc1cnc(-c2ccnc(N3CCOC[C@@H]3C)n2)cc1-n1c(C)cc(OCc2ncc(F)cc2F)c(Cl)c1=O. The summed E-state index contributed by atoms with van der Waals surface area (Å²) in [4.78, 5) is 32.9. The molecule has 1 aliphatic rings. The van der Waals surface area contributed by atoms with E-state index >= 15 is 0 Å². The molecular weight excluding hydrogens is 530 g/mol. The summed E-state index contributed by atoms with van der Waals surface area (Å²) in [5, 5.41) is -0.188. The predicted molar refractivity (Wildman–Crippen MR) is 141 cm³/mol. The van der Waals surface area contributed by atoms with Crippen molar-refractivity contribution in [2.24, 2.45) is 0 Å². The summed E-state index contributed by atoms with van der Waals surface area (Å²) in [5.74, 6) is -1.01. The molecule has 0 amide bonds. The summed E-state index contributed by atoms with van der Waals surface area (Å²) in [5.41, 5.74) is 2.36. The Morgan fingerprint density at radius 1 is 1.13 bits per heavy atom. The summed E-state index contributed by atoms with van der Waals surface area (Å²) < 4.78 is 39.7. The minimum atomic E-state index is -0.855. The van der Waals surface area contributed by atoms with Crippen LogP contribution in [0.1, 0.15) is 23.9 Å². The molecule has 9 nitrogen and oxygen atoms in total. The Balaban J connectivity index is 1.47. The van der Waals surface area contributed by atoms with Crippen LogP contribution in [0.4, 0.5) is 14.7 Å². The Kier molecular flexibility index (Phi) is 7.53. The van der Waals surface area contributed by atoms with Crippen LogP contribution in [0.3, 0.4) is 0 Å². The number of nitrogens with zero attached hydrogens (tertiary/aromatic N) is 6. The van der Waals surface area contributed by atoms with Gasteiger partial charge in [0, 0.05) is 36.8 Å². The van der Waals surface area contributed by atoms with Crippen molar-refractivity contribution < 1.29 is 18.3 Å². The van der Waals surface area contributed by atoms with Crippen molar-refractivity contribution in [1.82, 2.24) is 24.5 Å². The maximum absolute atomic E-state index is 14.0. The van der Waals surface area contributed by atoms with E-state index in [1.807, 2.05) is 6.92 Å². The molecule has 12 heteroatoms. The van der Waals surface area contributed by atoms with E-state index in [1.54, 1.807) is 37.5 Å². The second-order valence-electron chi connectivity index (χ2n) is 9.19. The first-order valence-corrected chi connectivity index (χ1v) is 12.6. The number of anilines is 1. The van der Waals surface area contributed by atoms with Crippen LogP contribution in [-0.4, -0.2) is 50.3 Å². The second-order valence-corrected chi connectivity index (χ2v) is 9.57. The number of morpholine rings is 1. The van der Waals surface area contributed by atoms with Crippen LogP contribution < -0.4 is 15.2 Å². The average Bonchev–Trinajstić information content (AvgIpc) is 2.92. The molecule has 0 aromatic carbocycles. The van der Waals surface area contributed by atoms with Crippen molar-refractivity contribution >= 4 is 17.5 Å². The van der Waals surface area contributed by atoms with Crippen LogP contribution in [0.5, 0.6) is 5.75 Å². The third-order valence-electron chi connectivity index (χ3n) is 6.39. The van der Waals surface area contributed by atoms with Gasteiger partial charge in [-0.1, -0.05) is 11.6 Å². The lowest BCUT2D eigenvalue weighted by atomic mass is 10.1. The topological polar surface area (TPSA) is 95.3 Å². The zero-order chi connectivity index (χ0) is 27.7. The maximum Gasteiger partial charge on any atom is 0.277 e. The summed E-state index contributed by atoms with van der Waals surface area (Å²) in [6.45, 7) is 7.16. The lowest BCUT2D eigenvalue weighted by Gasteiger charge is -2.33. The molecule has 1 fully saturated rings. The number of aryl methyl sites for hydroxylation is 2. The Morgan fingerprint density at radius 2 is 1.95 bits per heavy atom. The first-order valence-electron chi connectivity index (χ1n) is 12.2. The van der Waals surface area contributed by atoms with Gasteiger partial charge in [-0.25, -0.2) is 18.7 Å². The molecule has 0 aliphatic carbocycles. The van der Waals surface area contributed by atoms with Gasteiger partial charge in [-0.2, -0.15) is 0 Å². The van der Waals surface area contributed by atoms with Gasteiger partial charge in [0.1, 0.15) is 28.9 Å². The fourth-order valence-electron chi connectivity index (χ4n) is 4.33. The highest BCUT2D eigenvalue weighted by Gasteiger charge is 2.22. The minimum absolute atomic E-state index is 0.0629. The van der Waals surface area contributed by atoms with Crippen LogP contribution in [0.2, 0.25) is 5.02 Å². The highest BCUT2D eigenvalue weighted by molar-refractivity contribution is 6.31. The zero-order valence-electron chi connectivity index (χ0n) is 21.5. The molecule has 0 radical (unpaired) electrons. The number of hydrogen-bond donors (Lipinski definition) is 0. The van der Waals surface area contributed by atoms with E-state index in [-0.39, 0.29) is 29.1 Å². The highest BCUT2D eigenvalue weighted by atomic mass is 35.5. The van der Waals surface area contributed by atoms with Gasteiger partial charge in [0.15, 0.2) is 5.82 Å². The molecule has 202 valence electrons. The van der Waals surface area contributed by atoms with Gasteiger partial charge in [0.25, 0.3) is 5.56 Å². The van der Waals surface area contributed by atoms with E-state index in [4.69, 9.17) is 26.1 Å². The highest BCUT2D eigenvalue weighted by Crippen LogP contribution is 2.28. The lowest BCUT2D eigenvalue weighted by Crippen LogP contribution is -2.44. The number of ether oxygens (including phenoxy) is 2. The van der Waals surface area contributed by atoms with E-state index in [2.05, 4.69) is 26.8 Å². The molecule has 0 unspecified atom stereocenters. The standard InChI is InChI=1S/C27H25ClF2N6O3/c1-15-11-32-21(20-4-5-31-27(34-20)35-6-7-38-13-17(35)3)10-23(15)36-16(2)8-24(25(28)26(36)37)39-14-22-19(30)9-18(29)12-33-22/h4-5,8-12,17H,6-7,13-14H2,1-3H3/t17-/m0/s1. The van der Waals surface area contributed by atoms with E-state index in [1.165, 1.54) is 4.57 Å². The van der Waals surface area contributed by atoms with Crippen LogP contribution >= 0.6 is 11.6 Å². The fraction of sp³-hybridized carbons (Fsp3) is 0.296. The minimum Gasteiger partial charge on any atom is -0.485 e. The number of rotatable bonds is 6. The van der Waals surface area contributed by atoms with E-state index in [9.17, 15) is 13.6 Å². The molecule has 1 atom stereocenters. The Bertz CT molecular complexity index is 1600. The second kappa shape index (κ2) is 11.0. The summed E-state index contributed by atoms with van der Waals surface area (Å²) in [6, 6.07) is 5.95. The van der Waals surface area contributed by atoms with Crippen molar-refractivity contribution in [2.75, 3.05) is 24.7 Å². The van der Waals surface area contributed by atoms with Gasteiger partial charge < -0.3 is 14.4 Å².